The van der Waals surface area contributed by atoms with Gasteiger partial charge in [0.15, 0.2) is 23.0 Å². The van der Waals surface area contributed by atoms with Crippen LogP contribution in [0.5, 0.6) is 23.0 Å². The van der Waals surface area contributed by atoms with E-state index in [-0.39, 0.29) is 57.6 Å². The lowest BCUT2D eigenvalue weighted by Crippen LogP contribution is -2.43. The second-order valence-corrected chi connectivity index (χ2v) is 12.3. The minimum atomic E-state index is -1.42. The van der Waals surface area contributed by atoms with Gasteiger partial charge < -0.3 is 51.4 Å². The fraction of sp³-hybridized carbons (Fsp3) is 0.225. The van der Waals surface area contributed by atoms with Crippen LogP contribution in [0.4, 0.5) is 22.7 Å². The van der Waals surface area contributed by atoms with Crippen LogP contribution < -0.4 is 36.1 Å². The molecule has 0 spiro atoms. The van der Waals surface area contributed by atoms with Gasteiger partial charge in [-0.2, -0.15) is 5.26 Å². The zero-order chi connectivity index (χ0) is 41.6. The Morgan fingerprint density at radius 2 is 1.18 bits per heavy atom. The molecule has 0 aliphatic carbocycles. The first kappa shape index (κ1) is 42.1. The lowest BCUT2D eigenvalue weighted by atomic mass is 10.1. The highest BCUT2D eigenvalue weighted by Crippen LogP contribution is 2.40. The summed E-state index contributed by atoms with van der Waals surface area (Å²) in [7, 11) is 2.36. The van der Waals surface area contributed by atoms with Crippen molar-refractivity contribution in [2.45, 2.75) is 45.1 Å². The molecule has 57 heavy (non-hydrogen) atoms. The topological polar surface area (TPSA) is 266 Å². The number of carboxylic acid groups (broad SMARTS) is 1. The fourth-order valence-electron chi connectivity index (χ4n) is 5.43. The molecule has 5 amide bonds. The van der Waals surface area contributed by atoms with Crippen molar-refractivity contribution in [1.82, 2.24) is 5.32 Å². The van der Waals surface area contributed by atoms with Crippen LogP contribution in [-0.4, -0.2) is 71.1 Å². The molecular formula is C40H40N6O11. The van der Waals surface area contributed by atoms with Gasteiger partial charge in [-0.25, -0.2) is 4.79 Å². The van der Waals surface area contributed by atoms with Gasteiger partial charge in [0.25, 0.3) is 17.7 Å². The number of aromatic carboxylic acids is 1. The van der Waals surface area contributed by atoms with Crippen LogP contribution in [0.15, 0.2) is 72.8 Å². The molecule has 0 heterocycles. The van der Waals surface area contributed by atoms with E-state index in [9.17, 15) is 49.3 Å². The minimum absolute atomic E-state index is 0.00754. The summed E-state index contributed by atoms with van der Waals surface area (Å²) in [6.07, 6.45) is 2.77. The smallest absolute Gasteiger partial charge is 0.339 e. The summed E-state index contributed by atoms with van der Waals surface area (Å²) in [5, 5.41) is 52.6. The van der Waals surface area contributed by atoms with Gasteiger partial charge in [0.2, 0.25) is 11.8 Å². The lowest BCUT2D eigenvalue weighted by molar-refractivity contribution is -0.118. The van der Waals surface area contributed by atoms with Gasteiger partial charge in [0, 0.05) is 28.9 Å². The van der Waals surface area contributed by atoms with Crippen molar-refractivity contribution in [3.8, 4) is 29.1 Å². The van der Waals surface area contributed by atoms with E-state index >= 15 is 0 Å². The quantitative estimate of drug-likeness (QED) is 0.0619. The zero-order valence-electron chi connectivity index (χ0n) is 31.1. The number of nitrogens with zero attached hydrogens (tertiary/aromatic N) is 1. The van der Waals surface area contributed by atoms with Gasteiger partial charge in [-0.15, -0.1) is 0 Å². The van der Waals surface area contributed by atoms with E-state index in [0.717, 1.165) is 32.4 Å². The van der Waals surface area contributed by atoms with E-state index < -0.39 is 52.7 Å². The Bertz CT molecular complexity index is 2200. The first-order valence-electron chi connectivity index (χ1n) is 17.5. The molecule has 0 aliphatic rings. The third-order valence-electron chi connectivity index (χ3n) is 8.41. The molecule has 1 unspecified atom stereocenters. The number of anilines is 4. The van der Waals surface area contributed by atoms with Crippen LogP contribution in [0.25, 0.3) is 0 Å². The maximum atomic E-state index is 13.1. The average Bonchev–Trinajstić information content (AvgIpc) is 3.18. The molecule has 0 aromatic heterocycles. The lowest BCUT2D eigenvalue weighted by Gasteiger charge is -2.17. The first-order valence-corrected chi connectivity index (χ1v) is 17.5. The number of hydrogen-bond acceptors (Lipinski definition) is 11. The summed E-state index contributed by atoms with van der Waals surface area (Å²) in [4.78, 5) is 75.7. The number of nitrogens with one attached hydrogen (secondary N) is 5. The number of benzene rings is 4. The molecule has 4 aromatic carbocycles. The van der Waals surface area contributed by atoms with Gasteiger partial charge >= 0.3 is 5.97 Å². The van der Waals surface area contributed by atoms with Crippen molar-refractivity contribution in [1.29, 1.82) is 5.26 Å². The molecule has 0 saturated carbocycles. The molecule has 0 bridgehead atoms. The van der Waals surface area contributed by atoms with E-state index in [0.29, 0.717) is 12.1 Å². The number of hydrogen-bond donors (Lipinski definition) is 8. The number of phenols is 2. The van der Waals surface area contributed by atoms with Crippen molar-refractivity contribution >= 4 is 58.3 Å². The number of rotatable bonds is 17. The number of aromatic hydroxyl groups is 2. The van der Waals surface area contributed by atoms with Gasteiger partial charge in [0.05, 0.1) is 43.6 Å². The largest absolute Gasteiger partial charge is 0.504 e. The van der Waals surface area contributed by atoms with Crippen molar-refractivity contribution in [2.75, 3.05) is 35.5 Å². The number of phenolic OH excluding ortho intramolecular Hbond substituents is 1. The van der Waals surface area contributed by atoms with E-state index in [1.165, 1.54) is 61.7 Å². The maximum absolute atomic E-state index is 13.1. The first-order chi connectivity index (χ1) is 27.3. The Balaban J connectivity index is 1.38. The number of methoxy groups -OCH3 is 2. The Kier molecular flexibility index (Phi) is 14.5. The van der Waals surface area contributed by atoms with Gasteiger partial charge in [-0.3, -0.25) is 24.0 Å². The van der Waals surface area contributed by atoms with Crippen LogP contribution in [0, 0.1) is 11.3 Å². The number of amides is 5. The Morgan fingerprint density at radius 1 is 0.667 bits per heavy atom. The highest BCUT2D eigenvalue weighted by molar-refractivity contribution is 6.10. The zero-order valence-corrected chi connectivity index (χ0v) is 31.1. The third kappa shape index (κ3) is 10.8. The highest BCUT2D eigenvalue weighted by Gasteiger charge is 2.25. The number of nitriles is 1. The summed E-state index contributed by atoms with van der Waals surface area (Å²) < 4.78 is 10.3. The molecule has 0 aliphatic heterocycles. The van der Waals surface area contributed by atoms with E-state index in [1.807, 2.05) is 13.0 Å². The summed E-state index contributed by atoms with van der Waals surface area (Å²) in [5.41, 5.74) is 0.244. The Labute approximate surface area is 326 Å². The normalized spacial score (nSPS) is 10.9. The molecule has 0 saturated heterocycles. The van der Waals surface area contributed by atoms with E-state index in [2.05, 4.69) is 26.6 Å². The Morgan fingerprint density at radius 3 is 1.70 bits per heavy atom. The highest BCUT2D eigenvalue weighted by atomic mass is 16.5. The van der Waals surface area contributed by atoms with Crippen molar-refractivity contribution in [2.24, 2.45) is 0 Å². The number of unbranched alkanes of at least 4 members (excludes halogenated alkanes) is 2. The number of carbonyl (C=O) groups excluding carboxylic acids is 5. The molecule has 1 atom stereocenters. The van der Waals surface area contributed by atoms with Crippen molar-refractivity contribution < 1.29 is 53.6 Å². The molecule has 0 radical (unpaired) electrons. The fourth-order valence-corrected chi connectivity index (χ4v) is 5.43. The molecule has 0 fully saturated rings. The van der Waals surface area contributed by atoms with Crippen LogP contribution in [0.1, 0.15) is 80.5 Å². The second-order valence-electron chi connectivity index (χ2n) is 12.3. The number of carbonyl (C=O) groups is 6. The summed E-state index contributed by atoms with van der Waals surface area (Å²) in [5.74, 6) is -6.33. The number of carboxylic acids is 1. The second kappa shape index (κ2) is 19.6. The third-order valence-corrected chi connectivity index (χ3v) is 8.41. The van der Waals surface area contributed by atoms with Crippen LogP contribution in [-0.2, 0) is 9.59 Å². The molecule has 17 heteroatoms. The van der Waals surface area contributed by atoms with Gasteiger partial charge in [-0.1, -0.05) is 19.8 Å². The molecule has 4 aromatic rings. The minimum Gasteiger partial charge on any atom is -0.504 e. The predicted molar refractivity (Wildman–Crippen MR) is 208 cm³/mol. The predicted octanol–water partition coefficient (Wildman–Crippen LogP) is 5.49. The van der Waals surface area contributed by atoms with Crippen LogP contribution >= 0.6 is 0 Å². The molecular weight excluding hydrogens is 740 g/mol. The van der Waals surface area contributed by atoms with Gasteiger partial charge in [0.1, 0.15) is 11.6 Å². The maximum Gasteiger partial charge on any atom is 0.339 e. The monoisotopic (exact) mass is 780 g/mol. The summed E-state index contributed by atoms with van der Waals surface area (Å²) >= 11 is 0. The van der Waals surface area contributed by atoms with Crippen LogP contribution in [0.2, 0.25) is 0 Å². The number of ether oxygens (including phenoxy) is 2. The van der Waals surface area contributed by atoms with E-state index in [4.69, 9.17) is 9.47 Å². The molecule has 8 N–H and O–H groups in total. The summed E-state index contributed by atoms with van der Waals surface area (Å²) in [6, 6.07) is 17.1. The van der Waals surface area contributed by atoms with E-state index in [1.54, 1.807) is 12.1 Å². The Hall–Kier alpha value is -7.61. The molecule has 4 rings (SSSR count). The van der Waals surface area contributed by atoms with Gasteiger partial charge in [-0.05, 0) is 79.2 Å². The molecule has 17 nitrogen and oxygen atoms in total. The summed E-state index contributed by atoms with van der Waals surface area (Å²) in [6.45, 7) is 2.04. The standard InChI is InChI=1S/C40H40N6O11/c1-4-5-6-7-31(47)42-24-12-8-23(9-13-24)37(51)46-30(20-21-41)39(53)43-25-14-10-22(11-15-25)36(50)44-28-18-16-26(32(48)34(28)56-2)38(52)45-29-19-17-27(40(54)55)33(49)35(29)57-3/h8-19,30,48-49H,4-7,20H2,1-3H3,(H,42,47)(H,43,53)(H,44,50)(H,45,52)(H,46,51)(H,54,55). The molecule has 296 valence electrons. The van der Waals surface area contributed by atoms with Crippen molar-refractivity contribution in [3.05, 3.63) is 95.1 Å². The SMILES string of the molecule is CCCCCC(=O)Nc1ccc(C(=O)NC(CC#N)C(=O)Nc2ccc(C(=O)Nc3ccc(C(=O)Nc4ccc(C(=O)O)c(O)c4OC)c(O)c3OC)cc2)cc1. The van der Waals surface area contributed by atoms with Crippen LogP contribution in [0.3, 0.4) is 0 Å². The average molecular weight is 781 g/mol. The van der Waals surface area contributed by atoms with Crippen molar-refractivity contribution in [3.63, 3.8) is 0 Å².